The quantitative estimate of drug-likeness (QED) is 0.437. The highest BCUT2D eigenvalue weighted by Gasteiger charge is 2.34. The average molecular weight is 434 g/mol. The molecule has 2 aromatic rings. The monoisotopic (exact) mass is 433 g/mol. The van der Waals surface area contributed by atoms with E-state index in [1.807, 2.05) is 23.1 Å². The molecule has 0 radical (unpaired) electrons. The van der Waals surface area contributed by atoms with Crippen LogP contribution in [0.3, 0.4) is 0 Å². The second-order valence-electron chi connectivity index (χ2n) is 7.31. The van der Waals surface area contributed by atoms with Crippen LogP contribution in [0.15, 0.2) is 42.5 Å². The number of rotatable bonds is 5. The minimum atomic E-state index is -1.28. The number of aliphatic hydroxyl groups is 1. The summed E-state index contributed by atoms with van der Waals surface area (Å²) in [6.45, 7) is 1.64. The number of anilines is 3. The number of para-hydroxylation sites is 1. The van der Waals surface area contributed by atoms with Crippen molar-refractivity contribution in [1.82, 2.24) is 9.99 Å². The van der Waals surface area contributed by atoms with Gasteiger partial charge in [0.2, 0.25) is 5.82 Å². The van der Waals surface area contributed by atoms with Crippen LogP contribution in [0.4, 0.5) is 27.4 Å². The molecular formula is C20H24FN5O3S. The number of alkyl halides is 1. The molecule has 0 spiro atoms. The minimum Gasteiger partial charge on any atom is -0.393 e. The molecule has 8 nitrogen and oxygen atoms in total. The molecule has 0 aliphatic carbocycles. The van der Waals surface area contributed by atoms with E-state index in [9.17, 15) is 19.6 Å². The predicted molar refractivity (Wildman–Crippen MR) is 116 cm³/mol. The fourth-order valence-electron chi connectivity index (χ4n) is 3.75. The number of hydrazine groups is 1. The van der Waals surface area contributed by atoms with Crippen molar-refractivity contribution in [1.29, 1.82) is 0 Å². The molecule has 0 amide bonds. The Morgan fingerprint density at radius 2 is 1.90 bits per heavy atom. The largest absolute Gasteiger partial charge is 0.393 e. The molecule has 160 valence electrons. The lowest BCUT2D eigenvalue weighted by Crippen LogP contribution is -2.50. The summed E-state index contributed by atoms with van der Waals surface area (Å²) in [5, 5.41) is 24.7. The van der Waals surface area contributed by atoms with Gasteiger partial charge in [0.15, 0.2) is 6.30 Å². The predicted octanol–water partition coefficient (Wildman–Crippen LogP) is 3.35. The van der Waals surface area contributed by atoms with E-state index < -0.39 is 11.2 Å². The van der Waals surface area contributed by atoms with Crippen LogP contribution >= 0.6 is 11.8 Å². The second-order valence-corrected chi connectivity index (χ2v) is 8.46. The molecule has 0 saturated carbocycles. The van der Waals surface area contributed by atoms with Crippen LogP contribution in [0.25, 0.3) is 0 Å². The maximum absolute atomic E-state index is 14.9. The smallest absolute Gasteiger partial charge is 0.313 e. The van der Waals surface area contributed by atoms with E-state index in [0.29, 0.717) is 49.7 Å². The minimum absolute atomic E-state index is 0.101. The SMILES string of the molecule is O=[N+]([O-])c1ccc(N2CCC(O)CC2)nc1N(c1ccccc1)N1CCSCC1F. The third-order valence-corrected chi connectivity index (χ3v) is 6.31. The van der Waals surface area contributed by atoms with Gasteiger partial charge in [-0.2, -0.15) is 16.8 Å². The summed E-state index contributed by atoms with van der Waals surface area (Å²) in [5.41, 5.74) is 0.443. The third kappa shape index (κ3) is 4.35. The Balaban J connectivity index is 1.79. The summed E-state index contributed by atoms with van der Waals surface area (Å²) in [6, 6.07) is 12.1. The Bertz CT molecular complexity index is 882. The van der Waals surface area contributed by atoms with Gasteiger partial charge in [-0.3, -0.25) is 10.1 Å². The molecule has 1 N–H and O–H groups in total. The van der Waals surface area contributed by atoms with Gasteiger partial charge in [-0.25, -0.2) is 14.4 Å². The number of aromatic nitrogens is 1. The zero-order valence-electron chi connectivity index (χ0n) is 16.4. The van der Waals surface area contributed by atoms with E-state index in [-0.39, 0.29) is 17.6 Å². The van der Waals surface area contributed by atoms with Crippen LogP contribution in [0.1, 0.15) is 12.8 Å². The van der Waals surface area contributed by atoms with Crippen molar-refractivity contribution in [2.75, 3.05) is 41.0 Å². The lowest BCUT2D eigenvalue weighted by molar-refractivity contribution is -0.384. The van der Waals surface area contributed by atoms with Gasteiger partial charge in [0.05, 0.1) is 16.7 Å². The fourth-order valence-corrected chi connectivity index (χ4v) is 4.60. The highest BCUT2D eigenvalue weighted by Crippen LogP contribution is 2.37. The maximum Gasteiger partial charge on any atom is 0.313 e. The molecule has 2 aliphatic rings. The average Bonchev–Trinajstić information content (AvgIpc) is 2.76. The van der Waals surface area contributed by atoms with Crippen molar-refractivity contribution in [2.45, 2.75) is 25.2 Å². The lowest BCUT2D eigenvalue weighted by atomic mass is 10.1. The Labute approximate surface area is 178 Å². The normalized spacial score (nSPS) is 20.9. The zero-order chi connectivity index (χ0) is 21.1. The zero-order valence-corrected chi connectivity index (χ0v) is 17.2. The van der Waals surface area contributed by atoms with Crippen molar-refractivity contribution in [3.63, 3.8) is 0 Å². The molecule has 1 atom stereocenters. The Morgan fingerprint density at radius 1 is 1.17 bits per heavy atom. The summed E-state index contributed by atoms with van der Waals surface area (Å²) in [4.78, 5) is 18.0. The topological polar surface area (TPSA) is 86.0 Å². The molecular weight excluding hydrogens is 409 g/mol. The Kier molecular flexibility index (Phi) is 6.35. The molecule has 3 heterocycles. The standard InChI is InChI=1S/C20H24FN5O3S/c21-18-14-30-13-12-24(18)25(15-4-2-1-3-5-15)20-17(26(28)29)6-7-19(22-20)23-10-8-16(27)9-11-23/h1-7,16,18,27H,8-14H2. The summed E-state index contributed by atoms with van der Waals surface area (Å²) in [5.74, 6) is 1.71. The van der Waals surface area contributed by atoms with Gasteiger partial charge < -0.3 is 10.0 Å². The molecule has 1 unspecified atom stereocenters. The highest BCUT2D eigenvalue weighted by atomic mass is 32.2. The number of piperidine rings is 1. The number of aliphatic hydroxyl groups excluding tert-OH is 1. The lowest BCUT2D eigenvalue weighted by Gasteiger charge is -2.40. The maximum atomic E-state index is 14.9. The van der Waals surface area contributed by atoms with Crippen LogP contribution in [0.5, 0.6) is 0 Å². The van der Waals surface area contributed by atoms with Crippen LogP contribution < -0.4 is 9.91 Å². The van der Waals surface area contributed by atoms with E-state index in [1.165, 1.54) is 22.8 Å². The molecule has 30 heavy (non-hydrogen) atoms. The summed E-state index contributed by atoms with van der Waals surface area (Å²) >= 11 is 1.52. The number of thioether (sulfide) groups is 1. The molecule has 2 aliphatic heterocycles. The van der Waals surface area contributed by atoms with Gasteiger partial charge >= 0.3 is 5.69 Å². The number of nitrogens with zero attached hydrogens (tertiary/aromatic N) is 5. The van der Waals surface area contributed by atoms with Gasteiger partial charge in [-0.1, -0.05) is 18.2 Å². The van der Waals surface area contributed by atoms with Crippen molar-refractivity contribution in [2.24, 2.45) is 0 Å². The molecule has 0 bridgehead atoms. The van der Waals surface area contributed by atoms with E-state index in [2.05, 4.69) is 4.98 Å². The van der Waals surface area contributed by atoms with Crippen molar-refractivity contribution < 1.29 is 14.4 Å². The summed E-state index contributed by atoms with van der Waals surface area (Å²) in [7, 11) is 0. The summed E-state index contributed by atoms with van der Waals surface area (Å²) < 4.78 is 14.9. The van der Waals surface area contributed by atoms with Gasteiger partial charge in [-0.15, -0.1) is 0 Å². The van der Waals surface area contributed by atoms with Gasteiger partial charge in [0, 0.05) is 37.2 Å². The second kappa shape index (κ2) is 9.15. The van der Waals surface area contributed by atoms with Crippen LogP contribution in [-0.2, 0) is 0 Å². The van der Waals surface area contributed by atoms with Gasteiger partial charge in [-0.05, 0) is 31.0 Å². The number of hydrogen-bond acceptors (Lipinski definition) is 8. The van der Waals surface area contributed by atoms with E-state index in [1.54, 1.807) is 23.2 Å². The molecule has 4 rings (SSSR count). The van der Waals surface area contributed by atoms with E-state index in [4.69, 9.17) is 0 Å². The first-order valence-electron chi connectivity index (χ1n) is 9.96. The first kappa shape index (κ1) is 20.8. The van der Waals surface area contributed by atoms with Crippen LogP contribution in [0.2, 0.25) is 0 Å². The van der Waals surface area contributed by atoms with Crippen molar-refractivity contribution in [3.8, 4) is 0 Å². The Hall–Kier alpha value is -2.43. The fraction of sp³-hybridized carbons (Fsp3) is 0.450. The molecule has 2 fully saturated rings. The first-order chi connectivity index (χ1) is 14.5. The van der Waals surface area contributed by atoms with Crippen LogP contribution in [-0.4, -0.2) is 63.6 Å². The van der Waals surface area contributed by atoms with E-state index >= 15 is 0 Å². The van der Waals surface area contributed by atoms with Crippen molar-refractivity contribution >= 4 is 34.8 Å². The van der Waals surface area contributed by atoms with E-state index in [0.717, 1.165) is 5.75 Å². The molecule has 1 aromatic carbocycles. The first-order valence-corrected chi connectivity index (χ1v) is 11.1. The number of halogens is 1. The van der Waals surface area contributed by atoms with Crippen molar-refractivity contribution in [3.05, 3.63) is 52.6 Å². The third-order valence-electron chi connectivity index (χ3n) is 5.33. The number of benzene rings is 1. The van der Waals surface area contributed by atoms with Crippen LogP contribution in [0, 0.1) is 10.1 Å². The molecule has 2 saturated heterocycles. The van der Waals surface area contributed by atoms with Gasteiger partial charge in [0.1, 0.15) is 5.82 Å². The van der Waals surface area contributed by atoms with Gasteiger partial charge in [0.25, 0.3) is 0 Å². The Morgan fingerprint density at radius 3 is 2.57 bits per heavy atom. The molecule has 1 aromatic heterocycles. The highest BCUT2D eigenvalue weighted by molar-refractivity contribution is 7.99. The number of nitro groups is 1. The number of hydrogen-bond donors (Lipinski definition) is 1. The number of pyridine rings is 1. The summed E-state index contributed by atoms with van der Waals surface area (Å²) in [6.07, 6.45) is -0.379. The molecule has 10 heteroatoms.